The first-order valence-electron chi connectivity index (χ1n) is 7.56. The maximum atomic E-state index is 12.2. The molecular weight excluding hydrogens is 342 g/mol. The largest absolute Gasteiger partial charge is 0.482 e. The third-order valence-electron chi connectivity index (χ3n) is 3.45. The number of ether oxygens (including phenoxy) is 1. The monoisotopic (exact) mass is 359 g/mol. The van der Waals surface area contributed by atoms with Crippen LogP contribution in [0.3, 0.4) is 0 Å². The van der Waals surface area contributed by atoms with E-state index in [0.29, 0.717) is 22.0 Å². The smallest absolute Gasteiger partial charge is 0.341 e. The van der Waals surface area contributed by atoms with Crippen LogP contribution in [0.1, 0.15) is 18.1 Å². The molecule has 0 atom stereocenters. The number of halogens is 1. The SMILES string of the molecule is C/C(=C\C(=O)Nc1cc(OCC(=O)O)c(C)cc1Cl)c1ccccc1. The van der Waals surface area contributed by atoms with Crippen molar-refractivity contribution in [3.63, 3.8) is 0 Å². The molecule has 0 saturated carbocycles. The number of carbonyl (C=O) groups excluding carboxylic acids is 1. The molecular formula is C19H18ClNO4. The average molecular weight is 360 g/mol. The third kappa shape index (κ3) is 5.36. The zero-order chi connectivity index (χ0) is 18.4. The van der Waals surface area contributed by atoms with E-state index in [4.69, 9.17) is 21.4 Å². The maximum absolute atomic E-state index is 12.2. The predicted molar refractivity (Wildman–Crippen MR) is 98.0 cm³/mol. The van der Waals surface area contributed by atoms with Gasteiger partial charge in [-0.3, -0.25) is 4.79 Å². The number of allylic oxidation sites excluding steroid dienone is 1. The Balaban J connectivity index is 2.17. The van der Waals surface area contributed by atoms with Crippen molar-refractivity contribution < 1.29 is 19.4 Å². The van der Waals surface area contributed by atoms with E-state index < -0.39 is 12.6 Å². The van der Waals surface area contributed by atoms with Crippen molar-refractivity contribution in [2.75, 3.05) is 11.9 Å². The number of benzene rings is 2. The Morgan fingerprint density at radius 1 is 1.24 bits per heavy atom. The van der Waals surface area contributed by atoms with Gasteiger partial charge in [-0.1, -0.05) is 41.9 Å². The number of hydrogen-bond acceptors (Lipinski definition) is 3. The van der Waals surface area contributed by atoms with Crippen molar-refractivity contribution in [2.45, 2.75) is 13.8 Å². The van der Waals surface area contributed by atoms with E-state index in [9.17, 15) is 9.59 Å². The molecule has 0 aromatic heterocycles. The molecule has 130 valence electrons. The Bertz CT molecular complexity index is 816. The van der Waals surface area contributed by atoms with E-state index in [1.807, 2.05) is 37.3 Å². The van der Waals surface area contributed by atoms with Crippen LogP contribution in [-0.4, -0.2) is 23.6 Å². The van der Waals surface area contributed by atoms with Crippen LogP contribution in [0, 0.1) is 6.92 Å². The standard InChI is InChI=1S/C19H18ClNO4/c1-12(14-6-4-3-5-7-14)9-18(22)21-16-10-17(25-11-19(23)24)13(2)8-15(16)20/h3-10H,11H2,1-2H3,(H,21,22)(H,23,24)/b12-9+. The van der Waals surface area contributed by atoms with E-state index in [0.717, 1.165) is 11.1 Å². The Kier molecular flexibility index (Phi) is 6.19. The summed E-state index contributed by atoms with van der Waals surface area (Å²) in [5, 5.41) is 11.8. The molecule has 0 radical (unpaired) electrons. The summed E-state index contributed by atoms with van der Waals surface area (Å²) in [6.45, 7) is 3.12. The van der Waals surface area contributed by atoms with Gasteiger partial charge in [-0.05, 0) is 36.6 Å². The molecule has 2 rings (SSSR count). The number of carbonyl (C=O) groups is 2. The number of nitrogens with one attached hydrogen (secondary N) is 1. The number of rotatable bonds is 6. The molecule has 0 spiro atoms. The van der Waals surface area contributed by atoms with Crippen LogP contribution in [-0.2, 0) is 9.59 Å². The summed E-state index contributed by atoms with van der Waals surface area (Å²) in [4.78, 5) is 22.9. The Morgan fingerprint density at radius 3 is 2.56 bits per heavy atom. The average Bonchev–Trinajstić information content (AvgIpc) is 2.56. The van der Waals surface area contributed by atoms with E-state index in [-0.39, 0.29) is 5.91 Å². The Hall–Kier alpha value is -2.79. The van der Waals surface area contributed by atoms with Gasteiger partial charge in [0.25, 0.3) is 0 Å². The molecule has 25 heavy (non-hydrogen) atoms. The first-order valence-corrected chi connectivity index (χ1v) is 7.94. The van der Waals surface area contributed by atoms with E-state index in [1.165, 1.54) is 12.1 Å². The van der Waals surface area contributed by atoms with Gasteiger partial charge in [-0.15, -0.1) is 0 Å². The minimum atomic E-state index is -1.08. The molecule has 0 fully saturated rings. The number of carboxylic acid groups (broad SMARTS) is 1. The molecule has 2 aromatic carbocycles. The van der Waals surface area contributed by atoms with Crippen molar-refractivity contribution in [3.8, 4) is 5.75 Å². The summed E-state index contributed by atoms with van der Waals surface area (Å²) in [6.07, 6.45) is 1.48. The molecule has 0 saturated heterocycles. The van der Waals surface area contributed by atoms with E-state index >= 15 is 0 Å². The van der Waals surface area contributed by atoms with Crippen LogP contribution in [0.15, 0.2) is 48.5 Å². The fourth-order valence-corrected chi connectivity index (χ4v) is 2.46. The molecule has 1 amide bonds. The number of amides is 1. The van der Waals surface area contributed by atoms with Gasteiger partial charge in [0.15, 0.2) is 6.61 Å². The lowest BCUT2D eigenvalue weighted by molar-refractivity contribution is -0.139. The summed E-state index contributed by atoms with van der Waals surface area (Å²) < 4.78 is 5.20. The van der Waals surface area contributed by atoms with Crippen LogP contribution in [0.4, 0.5) is 5.69 Å². The lowest BCUT2D eigenvalue weighted by Crippen LogP contribution is -2.12. The second kappa shape index (κ2) is 8.35. The Morgan fingerprint density at radius 2 is 1.92 bits per heavy atom. The molecule has 0 aliphatic heterocycles. The molecule has 6 heteroatoms. The lowest BCUT2D eigenvalue weighted by atomic mass is 10.1. The van der Waals surface area contributed by atoms with E-state index in [1.54, 1.807) is 13.0 Å². The quantitative estimate of drug-likeness (QED) is 0.759. The second-order valence-corrected chi connectivity index (χ2v) is 5.87. The summed E-state index contributed by atoms with van der Waals surface area (Å²) in [5.41, 5.74) is 2.79. The van der Waals surface area contributed by atoms with Gasteiger partial charge in [-0.2, -0.15) is 0 Å². The molecule has 0 aliphatic carbocycles. The molecule has 0 heterocycles. The van der Waals surface area contributed by atoms with Crippen LogP contribution >= 0.6 is 11.6 Å². The van der Waals surface area contributed by atoms with Gasteiger partial charge in [0, 0.05) is 12.1 Å². The summed E-state index contributed by atoms with van der Waals surface area (Å²) in [6, 6.07) is 12.7. The van der Waals surface area contributed by atoms with Crippen molar-refractivity contribution in [1.82, 2.24) is 0 Å². The maximum Gasteiger partial charge on any atom is 0.341 e. The number of anilines is 1. The van der Waals surface area contributed by atoms with E-state index in [2.05, 4.69) is 5.32 Å². The predicted octanol–water partition coefficient (Wildman–Crippen LogP) is 4.15. The minimum absolute atomic E-state index is 0.337. The molecule has 2 aromatic rings. The molecule has 5 nitrogen and oxygen atoms in total. The van der Waals surface area contributed by atoms with Crippen molar-refractivity contribution in [2.24, 2.45) is 0 Å². The number of aliphatic carboxylic acids is 1. The highest BCUT2D eigenvalue weighted by Gasteiger charge is 2.11. The highest BCUT2D eigenvalue weighted by molar-refractivity contribution is 6.34. The van der Waals surface area contributed by atoms with Gasteiger partial charge in [0.05, 0.1) is 10.7 Å². The summed E-state index contributed by atoms with van der Waals surface area (Å²) >= 11 is 6.15. The van der Waals surface area contributed by atoms with Crippen LogP contribution in [0.2, 0.25) is 5.02 Å². The second-order valence-electron chi connectivity index (χ2n) is 5.46. The summed E-state index contributed by atoms with van der Waals surface area (Å²) in [5.74, 6) is -1.07. The fraction of sp³-hybridized carbons (Fsp3) is 0.158. The first-order chi connectivity index (χ1) is 11.9. The zero-order valence-corrected chi connectivity index (χ0v) is 14.6. The van der Waals surface area contributed by atoms with Crippen molar-refractivity contribution in [3.05, 3.63) is 64.7 Å². The topological polar surface area (TPSA) is 75.6 Å². The molecule has 0 aliphatic rings. The normalized spacial score (nSPS) is 11.1. The number of aryl methyl sites for hydroxylation is 1. The number of carboxylic acids is 1. The summed E-state index contributed by atoms with van der Waals surface area (Å²) in [7, 11) is 0. The molecule has 0 unspecified atom stereocenters. The van der Waals surface area contributed by atoms with Gasteiger partial charge >= 0.3 is 5.97 Å². The van der Waals surface area contributed by atoms with Gasteiger partial charge < -0.3 is 15.2 Å². The van der Waals surface area contributed by atoms with Crippen molar-refractivity contribution >= 4 is 34.7 Å². The minimum Gasteiger partial charge on any atom is -0.482 e. The Labute approximate surface area is 150 Å². The van der Waals surface area contributed by atoms with Crippen LogP contribution in [0.5, 0.6) is 5.75 Å². The highest BCUT2D eigenvalue weighted by Crippen LogP contribution is 2.30. The van der Waals surface area contributed by atoms with Gasteiger partial charge in [0.1, 0.15) is 5.75 Å². The lowest BCUT2D eigenvalue weighted by Gasteiger charge is -2.12. The third-order valence-corrected chi connectivity index (χ3v) is 3.76. The fourth-order valence-electron chi connectivity index (χ4n) is 2.19. The van der Waals surface area contributed by atoms with Crippen molar-refractivity contribution in [1.29, 1.82) is 0 Å². The number of hydrogen-bond donors (Lipinski definition) is 2. The first kappa shape index (κ1) is 18.5. The van der Waals surface area contributed by atoms with Gasteiger partial charge in [-0.25, -0.2) is 4.79 Å². The van der Waals surface area contributed by atoms with Gasteiger partial charge in [0.2, 0.25) is 5.91 Å². The van der Waals surface area contributed by atoms with Crippen LogP contribution in [0.25, 0.3) is 5.57 Å². The zero-order valence-electron chi connectivity index (χ0n) is 13.9. The highest BCUT2D eigenvalue weighted by atomic mass is 35.5. The molecule has 0 bridgehead atoms. The van der Waals surface area contributed by atoms with Crippen LogP contribution < -0.4 is 10.1 Å². The molecule has 2 N–H and O–H groups in total.